The zero-order valence-corrected chi connectivity index (χ0v) is 13.6. The molecule has 1 aromatic heterocycles. The van der Waals surface area contributed by atoms with E-state index in [4.69, 9.17) is 9.15 Å². The lowest BCUT2D eigenvalue weighted by atomic mass is 9.92. The van der Waals surface area contributed by atoms with Crippen LogP contribution in [0.3, 0.4) is 0 Å². The van der Waals surface area contributed by atoms with Gasteiger partial charge in [-0.15, -0.1) is 5.10 Å². The van der Waals surface area contributed by atoms with Gasteiger partial charge in [-0.3, -0.25) is 0 Å². The number of piperidine rings is 1. The molecule has 1 aromatic rings. The van der Waals surface area contributed by atoms with E-state index in [1.54, 1.807) is 6.92 Å². The van der Waals surface area contributed by atoms with Crippen LogP contribution in [0.15, 0.2) is 4.42 Å². The number of carbonyl (C=O) groups excluding carboxylic acids is 1. The van der Waals surface area contributed by atoms with Gasteiger partial charge in [-0.25, -0.2) is 4.79 Å². The second-order valence-electron chi connectivity index (χ2n) is 7.28. The number of rotatable bonds is 2. The quantitative estimate of drug-likeness (QED) is 0.901. The normalized spacial score (nSPS) is 27.8. The summed E-state index contributed by atoms with van der Waals surface area (Å²) in [5, 5.41) is 11.0. The SMILES string of the molecule is Cc1nnc(N2C[C@H]3CC[C@@H](C2)C3NC(=O)OC(C)(C)C)o1. The van der Waals surface area contributed by atoms with Gasteiger partial charge >= 0.3 is 12.1 Å². The molecule has 2 heterocycles. The van der Waals surface area contributed by atoms with E-state index in [0.717, 1.165) is 25.9 Å². The van der Waals surface area contributed by atoms with Crippen molar-refractivity contribution in [2.24, 2.45) is 11.8 Å². The van der Waals surface area contributed by atoms with Gasteiger partial charge in [0, 0.05) is 26.1 Å². The molecule has 7 heteroatoms. The van der Waals surface area contributed by atoms with E-state index in [-0.39, 0.29) is 12.1 Å². The van der Waals surface area contributed by atoms with Crippen molar-refractivity contribution in [2.45, 2.75) is 52.2 Å². The zero-order valence-electron chi connectivity index (χ0n) is 13.6. The minimum Gasteiger partial charge on any atom is -0.444 e. The van der Waals surface area contributed by atoms with Crippen molar-refractivity contribution in [3.05, 3.63) is 5.89 Å². The molecular formula is C15H24N4O3. The molecule has 0 aromatic carbocycles. The monoisotopic (exact) mass is 308 g/mol. The van der Waals surface area contributed by atoms with E-state index in [1.807, 2.05) is 20.8 Å². The molecule has 7 nitrogen and oxygen atoms in total. The Balaban J connectivity index is 1.62. The fourth-order valence-corrected chi connectivity index (χ4v) is 3.47. The number of nitrogens with one attached hydrogen (secondary N) is 1. The first-order chi connectivity index (χ1) is 10.3. The fraction of sp³-hybridized carbons (Fsp3) is 0.800. The minimum absolute atomic E-state index is 0.176. The first kappa shape index (κ1) is 15.1. The van der Waals surface area contributed by atoms with Gasteiger partial charge in [0.05, 0.1) is 0 Å². The molecule has 2 aliphatic rings. The van der Waals surface area contributed by atoms with Crippen LogP contribution in [0.25, 0.3) is 0 Å². The third-order valence-corrected chi connectivity index (χ3v) is 4.30. The number of anilines is 1. The second-order valence-corrected chi connectivity index (χ2v) is 7.28. The molecular weight excluding hydrogens is 284 g/mol. The highest BCUT2D eigenvalue weighted by atomic mass is 16.6. The van der Waals surface area contributed by atoms with Gasteiger partial charge < -0.3 is 19.4 Å². The number of fused-ring (bicyclic) bond motifs is 2. The van der Waals surface area contributed by atoms with Gasteiger partial charge in [-0.2, -0.15) is 0 Å². The molecule has 1 saturated heterocycles. The van der Waals surface area contributed by atoms with Gasteiger partial charge in [0.15, 0.2) is 0 Å². The maximum atomic E-state index is 12.0. The van der Waals surface area contributed by atoms with E-state index in [0.29, 0.717) is 23.7 Å². The number of hydrogen-bond acceptors (Lipinski definition) is 6. The lowest BCUT2D eigenvalue weighted by molar-refractivity contribution is 0.0472. The predicted molar refractivity (Wildman–Crippen MR) is 80.6 cm³/mol. The number of aryl methyl sites for hydroxylation is 1. The molecule has 0 spiro atoms. The largest absolute Gasteiger partial charge is 0.444 e. The molecule has 1 aliphatic heterocycles. The third-order valence-electron chi connectivity index (χ3n) is 4.30. The first-order valence-electron chi connectivity index (χ1n) is 7.86. The van der Waals surface area contributed by atoms with Crippen molar-refractivity contribution in [3.8, 4) is 0 Å². The molecule has 1 aliphatic carbocycles. The molecule has 122 valence electrons. The fourth-order valence-electron chi connectivity index (χ4n) is 3.47. The van der Waals surface area contributed by atoms with Crippen LogP contribution in [0.5, 0.6) is 0 Å². The summed E-state index contributed by atoms with van der Waals surface area (Å²) in [5.74, 6) is 1.38. The van der Waals surface area contributed by atoms with Gasteiger partial charge in [0.25, 0.3) is 0 Å². The van der Waals surface area contributed by atoms with Crippen molar-refractivity contribution in [2.75, 3.05) is 18.0 Å². The van der Waals surface area contributed by atoms with Crippen molar-refractivity contribution >= 4 is 12.1 Å². The van der Waals surface area contributed by atoms with Crippen LogP contribution in [0.4, 0.5) is 10.8 Å². The Kier molecular flexibility index (Phi) is 3.74. The topological polar surface area (TPSA) is 80.5 Å². The van der Waals surface area contributed by atoms with E-state index < -0.39 is 5.60 Å². The van der Waals surface area contributed by atoms with Crippen LogP contribution in [-0.2, 0) is 4.74 Å². The van der Waals surface area contributed by atoms with Crippen LogP contribution < -0.4 is 10.2 Å². The maximum Gasteiger partial charge on any atom is 0.407 e. The Morgan fingerprint density at radius 2 is 1.91 bits per heavy atom. The lowest BCUT2D eigenvalue weighted by Gasteiger charge is -2.37. The van der Waals surface area contributed by atoms with E-state index >= 15 is 0 Å². The summed E-state index contributed by atoms with van der Waals surface area (Å²) in [7, 11) is 0. The Bertz CT molecular complexity index is 537. The predicted octanol–water partition coefficient (Wildman–Crippen LogP) is 2.12. The van der Waals surface area contributed by atoms with Crippen molar-refractivity contribution < 1.29 is 13.9 Å². The summed E-state index contributed by atoms with van der Waals surface area (Å²) >= 11 is 0. The highest BCUT2D eigenvalue weighted by molar-refractivity contribution is 5.68. The van der Waals surface area contributed by atoms with Crippen LogP contribution in [0.2, 0.25) is 0 Å². The van der Waals surface area contributed by atoms with Crippen LogP contribution in [0, 0.1) is 18.8 Å². The Hall–Kier alpha value is -1.79. The summed E-state index contributed by atoms with van der Waals surface area (Å²) in [6.07, 6.45) is 1.89. The number of alkyl carbamates (subject to hydrolysis) is 1. The lowest BCUT2D eigenvalue weighted by Crippen LogP contribution is -2.53. The summed E-state index contributed by atoms with van der Waals surface area (Å²) in [5.41, 5.74) is -0.467. The average molecular weight is 308 g/mol. The van der Waals surface area contributed by atoms with Crippen molar-refractivity contribution in [1.82, 2.24) is 15.5 Å². The molecule has 1 N–H and O–H groups in total. The zero-order chi connectivity index (χ0) is 15.9. The number of hydrogen-bond donors (Lipinski definition) is 1. The molecule has 3 rings (SSSR count). The molecule has 2 bridgehead atoms. The molecule has 1 amide bonds. The molecule has 2 fully saturated rings. The van der Waals surface area contributed by atoms with Gasteiger partial charge in [-0.05, 0) is 45.4 Å². The smallest absolute Gasteiger partial charge is 0.407 e. The molecule has 22 heavy (non-hydrogen) atoms. The Labute approximate surface area is 130 Å². The van der Waals surface area contributed by atoms with E-state index in [1.165, 1.54) is 0 Å². The van der Waals surface area contributed by atoms with Crippen LogP contribution in [0.1, 0.15) is 39.5 Å². The van der Waals surface area contributed by atoms with Crippen LogP contribution in [-0.4, -0.2) is 41.0 Å². The third kappa shape index (κ3) is 3.18. The number of nitrogens with zero attached hydrogens (tertiary/aromatic N) is 3. The van der Waals surface area contributed by atoms with Gasteiger partial charge in [-0.1, -0.05) is 5.10 Å². The van der Waals surface area contributed by atoms with Crippen molar-refractivity contribution in [1.29, 1.82) is 0 Å². The van der Waals surface area contributed by atoms with Gasteiger partial charge in [0.1, 0.15) is 5.60 Å². The molecule has 1 unspecified atom stereocenters. The molecule has 1 saturated carbocycles. The number of ether oxygens (including phenoxy) is 1. The minimum atomic E-state index is -0.467. The molecule has 3 atom stereocenters. The Morgan fingerprint density at radius 1 is 1.27 bits per heavy atom. The second kappa shape index (κ2) is 5.44. The highest BCUT2D eigenvalue weighted by Crippen LogP contribution is 2.38. The summed E-state index contributed by atoms with van der Waals surface area (Å²) in [6.45, 7) is 9.09. The Morgan fingerprint density at radius 3 is 2.41 bits per heavy atom. The first-order valence-corrected chi connectivity index (χ1v) is 7.86. The highest BCUT2D eigenvalue weighted by Gasteiger charge is 2.44. The van der Waals surface area contributed by atoms with Crippen LogP contribution >= 0.6 is 0 Å². The van der Waals surface area contributed by atoms with E-state index in [2.05, 4.69) is 20.4 Å². The molecule has 0 radical (unpaired) electrons. The average Bonchev–Trinajstić information content (AvgIpc) is 2.89. The summed E-state index contributed by atoms with van der Waals surface area (Å²) in [6, 6.07) is 0.764. The summed E-state index contributed by atoms with van der Waals surface area (Å²) in [4.78, 5) is 14.1. The maximum absolute atomic E-state index is 12.0. The standard InChI is InChI=1S/C15H24N4O3/c1-9-17-18-13(21-9)19-7-10-5-6-11(8-19)12(10)16-14(20)22-15(2,3)4/h10-12H,5-8H2,1-4H3,(H,16,20)/t10-,11+,12?. The van der Waals surface area contributed by atoms with Crippen molar-refractivity contribution in [3.63, 3.8) is 0 Å². The number of aromatic nitrogens is 2. The van der Waals surface area contributed by atoms with Gasteiger partial charge in [0.2, 0.25) is 5.89 Å². The number of carbonyl (C=O) groups is 1. The van der Waals surface area contributed by atoms with E-state index in [9.17, 15) is 4.79 Å². The summed E-state index contributed by atoms with van der Waals surface area (Å²) < 4.78 is 10.9. The number of amides is 1.